The molecular formula is C38H22Cl4N6O8+4. The summed E-state index contributed by atoms with van der Waals surface area (Å²) in [6.45, 7) is 0. The van der Waals surface area contributed by atoms with E-state index in [1.165, 1.54) is 95.5 Å². The van der Waals surface area contributed by atoms with Crippen molar-refractivity contribution < 1.29 is 57.2 Å². The first-order valence-corrected chi connectivity index (χ1v) is 18.0. The van der Waals surface area contributed by atoms with Crippen molar-refractivity contribution in [3.05, 3.63) is 103 Å². The minimum atomic E-state index is -1.21. The summed E-state index contributed by atoms with van der Waals surface area (Å²) in [6.07, 6.45) is 5.10. The fourth-order valence-electron chi connectivity index (χ4n) is 8.30. The third kappa shape index (κ3) is 4.46. The fraction of sp³-hybridized carbons (Fsp3) is 0.105. The number of carbonyl (C=O) groups excluding carboxylic acids is 4. The van der Waals surface area contributed by atoms with Crippen molar-refractivity contribution in [2.75, 3.05) is 9.80 Å². The summed E-state index contributed by atoms with van der Waals surface area (Å²) in [6, 6.07) is 5.63. The number of aromatic carboxylic acids is 2. The second-order valence-corrected chi connectivity index (χ2v) is 15.2. The van der Waals surface area contributed by atoms with Crippen LogP contribution in [0.3, 0.4) is 0 Å². The zero-order valence-corrected chi connectivity index (χ0v) is 32.2. The van der Waals surface area contributed by atoms with Gasteiger partial charge in [0.15, 0.2) is 11.1 Å². The van der Waals surface area contributed by atoms with E-state index in [0.717, 1.165) is 9.80 Å². The zero-order valence-electron chi connectivity index (χ0n) is 29.2. The van der Waals surface area contributed by atoms with Crippen LogP contribution in [0.1, 0.15) is 62.1 Å². The lowest BCUT2D eigenvalue weighted by molar-refractivity contribution is -0.782. The van der Waals surface area contributed by atoms with Crippen molar-refractivity contribution in [1.29, 1.82) is 0 Å². The Kier molecular flexibility index (Phi) is 7.46. The van der Waals surface area contributed by atoms with Gasteiger partial charge in [-0.3, -0.25) is 0 Å². The molecule has 0 aliphatic carbocycles. The van der Waals surface area contributed by atoms with Crippen molar-refractivity contribution >= 4 is 137 Å². The molecule has 4 amide bonds. The van der Waals surface area contributed by atoms with Gasteiger partial charge in [0.05, 0.1) is 42.3 Å². The van der Waals surface area contributed by atoms with E-state index < -0.39 is 35.6 Å². The van der Waals surface area contributed by atoms with Crippen LogP contribution in [0.2, 0.25) is 20.1 Å². The molecule has 2 aliphatic rings. The van der Waals surface area contributed by atoms with Crippen molar-refractivity contribution in [1.82, 2.24) is 0 Å². The quantitative estimate of drug-likeness (QED) is 0.112. The number of amides is 4. The highest BCUT2D eigenvalue weighted by atomic mass is 35.5. The van der Waals surface area contributed by atoms with Gasteiger partial charge < -0.3 is 10.2 Å². The van der Waals surface area contributed by atoms with E-state index in [4.69, 9.17) is 46.4 Å². The molecule has 0 unspecified atom stereocenters. The number of carboxylic acid groups (broad SMARTS) is 2. The van der Waals surface area contributed by atoms with E-state index in [9.17, 15) is 39.0 Å². The van der Waals surface area contributed by atoms with Crippen molar-refractivity contribution in [3.8, 4) is 0 Å². The van der Waals surface area contributed by atoms with E-state index in [0.29, 0.717) is 32.3 Å². The topological polar surface area (TPSA) is 165 Å². The number of nitrogens with zero attached hydrogens (tertiary/aromatic N) is 6. The normalized spacial score (nSPS) is 14.1. The van der Waals surface area contributed by atoms with Crippen molar-refractivity contribution in [2.45, 2.75) is 0 Å². The Hall–Kier alpha value is -6.06. The minimum absolute atomic E-state index is 0.0385. The lowest BCUT2D eigenvalue weighted by atomic mass is 9.82. The molecular weight excluding hydrogens is 810 g/mol. The summed E-state index contributed by atoms with van der Waals surface area (Å²) >= 11 is 28.4. The number of hydrogen-bond acceptors (Lipinski definition) is 6. The van der Waals surface area contributed by atoms with Crippen molar-refractivity contribution in [2.24, 2.45) is 28.2 Å². The molecule has 18 heteroatoms. The molecule has 0 atom stereocenters. The van der Waals surface area contributed by atoms with E-state index in [1.54, 1.807) is 0 Å². The highest BCUT2D eigenvalue weighted by molar-refractivity contribution is 6.57. The molecule has 7 aromatic rings. The van der Waals surface area contributed by atoms with Crippen molar-refractivity contribution in [3.63, 3.8) is 0 Å². The first-order chi connectivity index (χ1) is 26.4. The maximum Gasteiger partial charge on any atom is 0.543 e. The molecule has 2 aromatic heterocycles. The Morgan fingerprint density at radius 3 is 0.893 bits per heavy atom. The molecule has 2 aliphatic heterocycles. The summed E-state index contributed by atoms with van der Waals surface area (Å²) < 4.78 is 5.39. The summed E-state index contributed by atoms with van der Waals surface area (Å²) in [4.78, 5) is 83.0. The van der Waals surface area contributed by atoms with Crippen LogP contribution in [0.4, 0.5) is 11.9 Å². The third-order valence-corrected chi connectivity index (χ3v) is 11.5. The highest BCUT2D eigenvalue weighted by Crippen LogP contribution is 2.53. The molecule has 5 aromatic carbocycles. The van der Waals surface area contributed by atoms with Crippen LogP contribution in [0.5, 0.6) is 0 Å². The molecule has 0 spiro atoms. The number of benzene rings is 5. The highest BCUT2D eigenvalue weighted by Gasteiger charge is 2.52. The molecule has 14 nitrogen and oxygen atoms in total. The summed E-state index contributed by atoms with van der Waals surface area (Å²) in [5, 5.41) is 21.5. The average Bonchev–Trinajstić information content (AvgIpc) is 3.12. The molecule has 0 saturated carbocycles. The van der Waals surface area contributed by atoms with Gasteiger partial charge in [0.2, 0.25) is 0 Å². The van der Waals surface area contributed by atoms with Crippen LogP contribution in [0.25, 0.3) is 43.1 Å². The maximum absolute atomic E-state index is 14.4. The van der Waals surface area contributed by atoms with Gasteiger partial charge in [0, 0.05) is 43.1 Å². The summed E-state index contributed by atoms with van der Waals surface area (Å²) in [5.41, 5.74) is 0.00521. The van der Waals surface area contributed by atoms with Gasteiger partial charge in [0.25, 0.3) is 0 Å². The SMILES string of the molecule is C[n+]1cc(C(=O)O)c[n+](C)c1N1C(=O)c2cc(Cl)c3c4c(Cl)cc5c6c(cc(Cl)c(c7c(Cl)cc(c2c37)C1=O)c64)C(=O)N(c1[n+](C)cc(C(=O)O)c[n+]1C)C5=O. The molecule has 2 N–H and O–H groups in total. The Bertz CT molecular complexity index is 2800. The first-order valence-electron chi connectivity index (χ1n) is 16.4. The van der Waals surface area contributed by atoms with Crippen LogP contribution in [0.15, 0.2) is 49.1 Å². The van der Waals surface area contributed by atoms with Crippen LogP contribution in [-0.4, -0.2) is 45.8 Å². The number of carboxylic acids is 2. The van der Waals surface area contributed by atoms with Gasteiger partial charge in [-0.2, -0.15) is 18.3 Å². The van der Waals surface area contributed by atoms with Gasteiger partial charge in [-0.15, -0.1) is 0 Å². The smallest absolute Gasteiger partial charge is 0.477 e. The molecule has 0 radical (unpaired) electrons. The number of halogens is 4. The Balaban J connectivity index is 1.35. The van der Waals surface area contributed by atoms with Gasteiger partial charge in [-0.25, -0.2) is 28.8 Å². The van der Waals surface area contributed by atoms with Gasteiger partial charge in [0.1, 0.15) is 53.0 Å². The van der Waals surface area contributed by atoms with E-state index in [1.807, 2.05) is 0 Å². The standard InChI is InChI=1S/C38H20Cl4N6O8/c1-43-9-13(35(53)54)10-44(2)37(43)47-31(49)15-5-19(39)25-27-21(41)7-17-24-18(34(52)48(33(17)51)38-45(3)11-14(36(55)56)12-46(38)4)8-22(42)28(30(24)27)26-20(40)6-16(32(47)50)23(15)29(25)26/h5-12H,1-4H3/q+2/p+2. The lowest BCUT2D eigenvalue weighted by Gasteiger charge is -2.26. The second kappa shape index (κ2) is 11.7. The van der Waals surface area contributed by atoms with Crippen LogP contribution in [0, 0.1) is 0 Å². The molecule has 4 heterocycles. The number of aryl methyl sites for hydroxylation is 4. The predicted octanol–water partition coefficient (Wildman–Crippen LogP) is 4.65. The minimum Gasteiger partial charge on any atom is -0.477 e. The maximum atomic E-state index is 14.4. The fourth-order valence-corrected chi connectivity index (χ4v) is 9.50. The van der Waals surface area contributed by atoms with Crippen LogP contribution >= 0.6 is 46.4 Å². The Labute approximate surface area is 333 Å². The molecule has 0 saturated heterocycles. The largest absolute Gasteiger partial charge is 0.543 e. The Morgan fingerprint density at radius 1 is 0.446 bits per heavy atom. The monoisotopic (exact) mass is 830 g/mol. The number of anilines is 2. The molecule has 0 bridgehead atoms. The molecule has 9 rings (SSSR count). The number of fused-ring (bicyclic) bond motifs is 2. The predicted molar refractivity (Wildman–Crippen MR) is 201 cm³/mol. The molecule has 276 valence electrons. The third-order valence-electron chi connectivity index (χ3n) is 10.3. The van der Waals surface area contributed by atoms with Crippen LogP contribution in [-0.2, 0) is 28.2 Å². The average molecular weight is 832 g/mol. The number of carbonyl (C=O) groups is 6. The van der Waals surface area contributed by atoms with E-state index >= 15 is 0 Å². The molecule has 0 fully saturated rings. The number of imide groups is 2. The van der Waals surface area contributed by atoms with E-state index in [2.05, 4.69) is 0 Å². The lowest BCUT2D eigenvalue weighted by Crippen LogP contribution is -2.57. The van der Waals surface area contributed by atoms with Gasteiger partial charge in [-0.1, -0.05) is 46.4 Å². The first kappa shape index (κ1) is 35.6. The van der Waals surface area contributed by atoms with Crippen LogP contribution < -0.4 is 28.1 Å². The van der Waals surface area contributed by atoms with E-state index in [-0.39, 0.29) is 76.1 Å². The summed E-state index contributed by atoms with van der Waals surface area (Å²) in [5.74, 6) is -5.31. The molecule has 56 heavy (non-hydrogen) atoms. The summed E-state index contributed by atoms with van der Waals surface area (Å²) in [7, 11) is 6.00. The number of aromatic nitrogens is 4. The number of rotatable bonds is 4. The van der Waals surface area contributed by atoms with Gasteiger partial charge in [-0.05, 0) is 34.1 Å². The second-order valence-electron chi connectivity index (χ2n) is 13.6. The van der Waals surface area contributed by atoms with Gasteiger partial charge >= 0.3 is 47.5 Å². The number of hydrogen-bond donors (Lipinski definition) is 2. The zero-order chi connectivity index (χ0) is 40.1. The Morgan fingerprint density at radius 2 is 0.679 bits per heavy atom.